The van der Waals surface area contributed by atoms with Crippen LogP contribution in [0.15, 0.2) is 65.6 Å². The topological polar surface area (TPSA) is 83.9 Å². The average molecular weight is 560 g/mol. The first-order chi connectivity index (χ1) is 18.4. The Kier molecular flexibility index (Phi) is 6.97. The molecule has 2 aliphatic rings. The molecule has 1 heterocycles. The van der Waals surface area contributed by atoms with Crippen molar-refractivity contribution in [2.75, 3.05) is 13.2 Å². The molecule has 10 heteroatoms. The Hall–Kier alpha value is -3.37. The number of aliphatic carboxylic acids is 1. The minimum Gasteiger partial charge on any atom is -0.482 e. The van der Waals surface area contributed by atoms with Crippen LogP contribution in [0.4, 0.5) is 13.2 Å². The third kappa shape index (κ3) is 5.27. The monoisotopic (exact) mass is 559 g/mol. The lowest BCUT2D eigenvalue weighted by Crippen LogP contribution is -2.46. The Morgan fingerprint density at radius 1 is 1.03 bits per heavy atom. The summed E-state index contributed by atoms with van der Waals surface area (Å²) in [5.74, 6) is -0.845. The van der Waals surface area contributed by atoms with E-state index >= 15 is 0 Å². The van der Waals surface area contributed by atoms with Gasteiger partial charge in [0.1, 0.15) is 5.75 Å². The maximum absolute atomic E-state index is 13.8. The van der Waals surface area contributed by atoms with Gasteiger partial charge in [-0.3, -0.25) is 0 Å². The number of nitrogens with zero attached hydrogens (tertiary/aromatic N) is 1. The summed E-state index contributed by atoms with van der Waals surface area (Å²) in [4.78, 5) is 10.9. The van der Waals surface area contributed by atoms with Gasteiger partial charge in [-0.2, -0.15) is 17.5 Å². The second-order valence-corrected chi connectivity index (χ2v) is 12.3. The second kappa shape index (κ2) is 9.98. The van der Waals surface area contributed by atoms with Crippen LogP contribution in [0.25, 0.3) is 11.1 Å². The third-order valence-electron chi connectivity index (χ3n) is 7.72. The summed E-state index contributed by atoms with van der Waals surface area (Å²) in [5.41, 5.74) is 2.28. The first-order valence-electron chi connectivity index (χ1n) is 12.7. The van der Waals surface area contributed by atoms with Crippen molar-refractivity contribution in [1.29, 1.82) is 0 Å². The van der Waals surface area contributed by atoms with Gasteiger partial charge in [-0.05, 0) is 84.0 Å². The quantitative estimate of drug-likeness (QED) is 0.391. The number of fused-ring (bicyclic) bond motifs is 2. The molecule has 0 bridgehead atoms. The number of aryl methyl sites for hydroxylation is 1. The van der Waals surface area contributed by atoms with Crippen LogP contribution in [0.1, 0.15) is 47.9 Å². The fourth-order valence-electron chi connectivity index (χ4n) is 5.85. The lowest BCUT2D eigenvalue weighted by Gasteiger charge is -2.41. The largest absolute Gasteiger partial charge is 0.482 e. The predicted octanol–water partition coefficient (Wildman–Crippen LogP) is 6.16. The highest BCUT2D eigenvalue weighted by atomic mass is 32.2. The molecule has 0 radical (unpaired) electrons. The molecule has 1 N–H and O–H groups in total. The number of benzene rings is 3. The van der Waals surface area contributed by atoms with Crippen molar-refractivity contribution < 1.29 is 36.2 Å². The maximum Gasteiger partial charge on any atom is 0.416 e. The molecular formula is C29H28F3NO5S. The fourth-order valence-corrected chi connectivity index (χ4v) is 7.44. The molecule has 206 valence electrons. The van der Waals surface area contributed by atoms with Gasteiger partial charge in [-0.1, -0.05) is 37.1 Å². The standard InChI is InChI=1S/C29H28F3NO5S/c1-19-13-24(8-10-26(19)38-17-27(34)35)39(36,37)33-16-22-14-21(20-5-4-6-23(15-20)29(30,31)32)7-9-25(22)28(18-33)11-2-3-12-28/h4-10,13-15H,2-3,11-12,16-18H2,1H3,(H,34,35). The molecule has 0 amide bonds. The van der Waals surface area contributed by atoms with Gasteiger partial charge in [-0.15, -0.1) is 0 Å². The highest BCUT2D eigenvalue weighted by Gasteiger charge is 2.45. The minimum absolute atomic E-state index is 0.0771. The number of ether oxygens (including phenoxy) is 1. The normalized spacial score (nSPS) is 17.2. The summed E-state index contributed by atoms with van der Waals surface area (Å²) in [5, 5.41) is 8.86. The molecule has 3 aromatic carbocycles. The number of halogens is 3. The van der Waals surface area contributed by atoms with Crippen LogP contribution < -0.4 is 4.74 Å². The smallest absolute Gasteiger partial charge is 0.416 e. The molecule has 1 aliphatic heterocycles. The van der Waals surface area contributed by atoms with E-state index < -0.39 is 34.3 Å². The van der Waals surface area contributed by atoms with Crippen LogP contribution in [-0.2, 0) is 33.0 Å². The van der Waals surface area contributed by atoms with E-state index in [4.69, 9.17) is 9.84 Å². The molecule has 1 saturated carbocycles. The van der Waals surface area contributed by atoms with Crippen molar-refractivity contribution >= 4 is 16.0 Å². The van der Waals surface area contributed by atoms with Crippen LogP contribution >= 0.6 is 0 Å². The summed E-state index contributed by atoms with van der Waals surface area (Å²) in [6.07, 6.45) is -0.865. The number of rotatable bonds is 6. The van der Waals surface area contributed by atoms with Gasteiger partial charge in [0, 0.05) is 18.5 Å². The van der Waals surface area contributed by atoms with Crippen LogP contribution in [-0.4, -0.2) is 37.0 Å². The lowest BCUT2D eigenvalue weighted by atomic mass is 9.74. The van der Waals surface area contributed by atoms with Gasteiger partial charge < -0.3 is 9.84 Å². The third-order valence-corrected chi connectivity index (χ3v) is 9.51. The van der Waals surface area contributed by atoms with Crippen molar-refractivity contribution in [3.8, 4) is 16.9 Å². The van der Waals surface area contributed by atoms with Crippen LogP contribution in [0.5, 0.6) is 5.75 Å². The van der Waals surface area contributed by atoms with E-state index in [0.717, 1.165) is 48.9 Å². The van der Waals surface area contributed by atoms with Crippen molar-refractivity contribution in [2.24, 2.45) is 0 Å². The van der Waals surface area contributed by atoms with Gasteiger partial charge in [0.25, 0.3) is 0 Å². The highest BCUT2D eigenvalue weighted by Crippen LogP contribution is 2.48. The number of carboxylic acids is 1. The molecule has 6 nitrogen and oxygen atoms in total. The molecule has 3 aromatic rings. The molecule has 39 heavy (non-hydrogen) atoms. The van der Waals surface area contributed by atoms with E-state index in [0.29, 0.717) is 29.0 Å². The Balaban J connectivity index is 1.51. The maximum atomic E-state index is 13.8. The van der Waals surface area contributed by atoms with E-state index in [1.165, 1.54) is 28.6 Å². The van der Waals surface area contributed by atoms with Gasteiger partial charge >= 0.3 is 12.1 Å². The van der Waals surface area contributed by atoms with Gasteiger partial charge in [0.15, 0.2) is 6.61 Å². The first-order valence-corrected chi connectivity index (χ1v) is 14.1. The second-order valence-electron chi connectivity index (χ2n) is 10.3. The molecule has 0 saturated heterocycles. The average Bonchev–Trinajstić information content (AvgIpc) is 3.35. The number of carboxylic acid groups (broad SMARTS) is 1. The van der Waals surface area contributed by atoms with Crippen molar-refractivity contribution in [3.63, 3.8) is 0 Å². The molecule has 0 aromatic heterocycles. The van der Waals surface area contributed by atoms with E-state index in [1.807, 2.05) is 18.2 Å². The molecule has 0 unspecified atom stereocenters. The minimum atomic E-state index is -4.46. The van der Waals surface area contributed by atoms with Crippen LogP contribution in [0.3, 0.4) is 0 Å². The van der Waals surface area contributed by atoms with E-state index in [1.54, 1.807) is 13.0 Å². The van der Waals surface area contributed by atoms with Crippen LogP contribution in [0.2, 0.25) is 0 Å². The molecule has 1 fully saturated rings. The summed E-state index contributed by atoms with van der Waals surface area (Å²) >= 11 is 0. The van der Waals surface area contributed by atoms with Crippen molar-refractivity contribution in [3.05, 3.63) is 82.9 Å². The summed E-state index contributed by atoms with van der Waals surface area (Å²) in [6.45, 7) is 1.54. The Morgan fingerprint density at radius 3 is 2.41 bits per heavy atom. The first kappa shape index (κ1) is 27.2. The summed E-state index contributed by atoms with van der Waals surface area (Å²) in [6, 6.07) is 15.1. The molecule has 1 aliphatic carbocycles. The number of alkyl halides is 3. The molecule has 5 rings (SSSR count). The summed E-state index contributed by atoms with van der Waals surface area (Å²) < 4.78 is 74.4. The highest BCUT2D eigenvalue weighted by molar-refractivity contribution is 7.89. The molecular weight excluding hydrogens is 531 g/mol. The zero-order chi connectivity index (χ0) is 28.0. The number of carbonyl (C=O) groups is 1. The Labute approximate surface area is 225 Å². The summed E-state index contributed by atoms with van der Waals surface area (Å²) in [7, 11) is -3.93. The zero-order valence-corrected chi connectivity index (χ0v) is 22.1. The lowest BCUT2D eigenvalue weighted by molar-refractivity contribution is -0.139. The van der Waals surface area contributed by atoms with Gasteiger partial charge in [-0.25, -0.2) is 13.2 Å². The van der Waals surface area contributed by atoms with E-state index in [2.05, 4.69) is 0 Å². The number of hydrogen-bond acceptors (Lipinski definition) is 4. The number of sulfonamides is 1. The Bertz CT molecular complexity index is 1530. The zero-order valence-electron chi connectivity index (χ0n) is 21.3. The van der Waals surface area contributed by atoms with Crippen LogP contribution in [0, 0.1) is 6.92 Å². The SMILES string of the molecule is Cc1cc(S(=O)(=O)N2Cc3cc(-c4cccc(C(F)(F)F)c4)ccc3C3(CCCC3)C2)ccc1OCC(=O)O. The van der Waals surface area contributed by atoms with E-state index in [-0.39, 0.29) is 16.9 Å². The van der Waals surface area contributed by atoms with Gasteiger partial charge in [0.2, 0.25) is 10.0 Å². The fraction of sp³-hybridized carbons (Fsp3) is 0.345. The number of hydrogen-bond donors (Lipinski definition) is 1. The van der Waals surface area contributed by atoms with Gasteiger partial charge in [0.05, 0.1) is 10.5 Å². The Morgan fingerprint density at radius 2 is 1.74 bits per heavy atom. The molecule has 0 atom stereocenters. The molecule has 1 spiro atoms. The van der Waals surface area contributed by atoms with Crippen molar-refractivity contribution in [1.82, 2.24) is 4.31 Å². The predicted molar refractivity (Wildman–Crippen MR) is 139 cm³/mol. The van der Waals surface area contributed by atoms with E-state index in [9.17, 15) is 26.4 Å². The van der Waals surface area contributed by atoms with Crippen molar-refractivity contribution in [2.45, 2.75) is 55.6 Å².